The van der Waals surface area contributed by atoms with E-state index in [9.17, 15) is 14.0 Å². The summed E-state index contributed by atoms with van der Waals surface area (Å²) < 4.78 is 20.5. The molecule has 2 amide bonds. The highest BCUT2D eigenvalue weighted by molar-refractivity contribution is 6.00. The van der Waals surface area contributed by atoms with Crippen LogP contribution in [0.4, 0.5) is 10.1 Å². The van der Waals surface area contributed by atoms with E-state index in [0.717, 1.165) is 62.3 Å². The fourth-order valence-corrected chi connectivity index (χ4v) is 4.24. The first-order valence-corrected chi connectivity index (χ1v) is 11.8. The third kappa shape index (κ3) is 6.01. The van der Waals surface area contributed by atoms with E-state index in [2.05, 4.69) is 22.5 Å². The lowest BCUT2D eigenvalue weighted by atomic mass is 10.1. The van der Waals surface area contributed by atoms with Gasteiger partial charge in [0, 0.05) is 49.3 Å². The number of carbonyl (C=O) groups is 2. The Kier molecular flexibility index (Phi) is 7.92. The number of aryl methyl sites for hydroxylation is 1. The maximum atomic E-state index is 13.1. The van der Waals surface area contributed by atoms with Crippen molar-refractivity contribution in [2.24, 2.45) is 0 Å². The van der Waals surface area contributed by atoms with Crippen LogP contribution in [0.5, 0.6) is 0 Å². The van der Waals surface area contributed by atoms with E-state index in [1.54, 1.807) is 12.1 Å². The molecule has 0 atom stereocenters. The molecule has 0 aliphatic carbocycles. The van der Waals surface area contributed by atoms with Crippen LogP contribution in [0.15, 0.2) is 48.5 Å². The number of hydrogen-bond acceptors (Lipinski definition) is 4. The molecule has 7 nitrogen and oxygen atoms in total. The molecule has 0 saturated carbocycles. The minimum absolute atomic E-state index is 0.0974. The Bertz CT molecular complexity index is 1140. The molecule has 3 aromatic rings. The van der Waals surface area contributed by atoms with Crippen LogP contribution in [0.3, 0.4) is 0 Å². The van der Waals surface area contributed by atoms with Crippen molar-refractivity contribution in [2.45, 2.75) is 26.3 Å². The number of nitrogens with one attached hydrogen (secondary N) is 2. The van der Waals surface area contributed by atoms with Crippen molar-refractivity contribution in [2.75, 3.05) is 44.7 Å². The van der Waals surface area contributed by atoms with Crippen LogP contribution in [0.1, 0.15) is 29.4 Å². The van der Waals surface area contributed by atoms with Gasteiger partial charge >= 0.3 is 0 Å². The Hall–Kier alpha value is -3.23. The van der Waals surface area contributed by atoms with Gasteiger partial charge in [-0.2, -0.15) is 0 Å². The topological polar surface area (TPSA) is 75.6 Å². The SMILES string of the molecule is CCCn1c(C(=O)NCCN2CCOCC2)cc2cc(NC(=O)Cc3ccc(F)cc3)ccc21. The highest BCUT2D eigenvalue weighted by atomic mass is 19.1. The fraction of sp³-hybridized carbons (Fsp3) is 0.385. The standard InChI is InChI=1S/C26H31FN4O3/c1-2-10-31-23-8-7-22(29-25(32)16-19-3-5-21(27)6-4-19)17-20(23)18-24(31)26(33)28-9-11-30-12-14-34-15-13-30/h3-8,17-18H,2,9-16H2,1H3,(H,28,33)(H,29,32). The largest absolute Gasteiger partial charge is 0.379 e. The molecule has 0 unspecified atom stereocenters. The molecule has 0 radical (unpaired) electrons. The summed E-state index contributed by atoms with van der Waals surface area (Å²) in [5.41, 5.74) is 2.97. The van der Waals surface area contributed by atoms with E-state index >= 15 is 0 Å². The molecule has 180 valence electrons. The number of morpholine rings is 1. The van der Waals surface area contributed by atoms with E-state index in [1.807, 2.05) is 28.8 Å². The van der Waals surface area contributed by atoms with E-state index in [-0.39, 0.29) is 24.1 Å². The summed E-state index contributed by atoms with van der Waals surface area (Å²) >= 11 is 0. The second kappa shape index (κ2) is 11.3. The number of anilines is 1. The smallest absolute Gasteiger partial charge is 0.267 e. The van der Waals surface area contributed by atoms with Crippen LogP contribution >= 0.6 is 0 Å². The predicted octanol–water partition coefficient (Wildman–Crippen LogP) is 3.43. The zero-order chi connectivity index (χ0) is 23.9. The molecule has 2 N–H and O–H groups in total. The van der Waals surface area contributed by atoms with E-state index in [0.29, 0.717) is 17.9 Å². The van der Waals surface area contributed by atoms with Crippen LogP contribution in [0, 0.1) is 5.82 Å². The Morgan fingerprint density at radius 1 is 1.03 bits per heavy atom. The molecule has 34 heavy (non-hydrogen) atoms. The number of benzene rings is 2. The lowest BCUT2D eigenvalue weighted by molar-refractivity contribution is -0.115. The van der Waals surface area contributed by atoms with Crippen molar-refractivity contribution in [3.63, 3.8) is 0 Å². The zero-order valence-corrected chi connectivity index (χ0v) is 19.5. The molecular weight excluding hydrogens is 435 g/mol. The monoisotopic (exact) mass is 466 g/mol. The van der Waals surface area contributed by atoms with Crippen molar-refractivity contribution in [3.8, 4) is 0 Å². The van der Waals surface area contributed by atoms with E-state index in [1.165, 1.54) is 12.1 Å². The number of hydrogen-bond donors (Lipinski definition) is 2. The molecule has 0 spiro atoms. The maximum absolute atomic E-state index is 13.1. The van der Waals surface area contributed by atoms with Gasteiger partial charge < -0.3 is 19.9 Å². The molecule has 8 heteroatoms. The number of fused-ring (bicyclic) bond motifs is 1. The normalized spacial score (nSPS) is 14.3. The quantitative estimate of drug-likeness (QED) is 0.507. The first kappa shape index (κ1) is 23.9. The molecule has 2 aromatic carbocycles. The van der Waals surface area contributed by atoms with E-state index < -0.39 is 0 Å². The number of amides is 2. The van der Waals surface area contributed by atoms with Crippen LogP contribution in [0.2, 0.25) is 0 Å². The summed E-state index contributed by atoms with van der Waals surface area (Å²) in [7, 11) is 0. The lowest BCUT2D eigenvalue weighted by Gasteiger charge is -2.26. The fourth-order valence-electron chi connectivity index (χ4n) is 4.24. The van der Waals surface area contributed by atoms with Gasteiger partial charge in [0.05, 0.1) is 19.6 Å². The first-order chi connectivity index (χ1) is 16.5. The van der Waals surface area contributed by atoms with Gasteiger partial charge in [-0.15, -0.1) is 0 Å². The van der Waals surface area contributed by atoms with Gasteiger partial charge in [0.2, 0.25) is 5.91 Å². The molecule has 1 saturated heterocycles. The summed E-state index contributed by atoms with van der Waals surface area (Å²) in [6.07, 6.45) is 1.06. The molecule has 0 bridgehead atoms. The van der Waals surface area contributed by atoms with Gasteiger partial charge in [-0.1, -0.05) is 19.1 Å². The van der Waals surface area contributed by atoms with Crippen molar-refractivity contribution in [1.82, 2.24) is 14.8 Å². The van der Waals surface area contributed by atoms with Gasteiger partial charge in [0.15, 0.2) is 0 Å². The minimum atomic E-state index is -0.327. The predicted molar refractivity (Wildman–Crippen MR) is 131 cm³/mol. The van der Waals surface area contributed by atoms with Crippen molar-refractivity contribution in [3.05, 3.63) is 65.6 Å². The second-order valence-electron chi connectivity index (χ2n) is 8.52. The molecule has 1 aromatic heterocycles. The Morgan fingerprint density at radius 2 is 1.79 bits per heavy atom. The van der Waals surface area contributed by atoms with Crippen LogP contribution in [0.25, 0.3) is 10.9 Å². The number of halogens is 1. The highest BCUT2D eigenvalue weighted by Gasteiger charge is 2.17. The summed E-state index contributed by atoms with van der Waals surface area (Å²) in [5, 5.41) is 6.84. The summed E-state index contributed by atoms with van der Waals surface area (Å²) in [5.74, 6) is -0.605. The van der Waals surface area contributed by atoms with Gasteiger partial charge in [-0.3, -0.25) is 14.5 Å². The van der Waals surface area contributed by atoms with E-state index in [4.69, 9.17) is 4.74 Å². The Labute approximate surface area is 198 Å². The Morgan fingerprint density at radius 3 is 2.53 bits per heavy atom. The van der Waals surface area contributed by atoms with Crippen molar-refractivity contribution in [1.29, 1.82) is 0 Å². The van der Waals surface area contributed by atoms with Crippen LogP contribution < -0.4 is 10.6 Å². The van der Waals surface area contributed by atoms with Gasteiger partial charge in [-0.25, -0.2) is 4.39 Å². The zero-order valence-electron chi connectivity index (χ0n) is 19.5. The van der Waals surface area contributed by atoms with Crippen LogP contribution in [-0.4, -0.2) is 60.7 Å². The highest BCUT2D eigenvalue weighted by Crippen LogP contribution is 2.24. The van der Waals surface area contributed by atoms with Gasteiger partial charge in [0.1, 0.15) is 11.5 Å². The third-order valence-electron chi connectivity index (χ3n) is 5.96. The third-order valence-corrected chi connectivity index (χ3v) is 5.96. The molecule has 1 aliphatic rings. The van der Waals surface area contributed by atoms with Crippen molar-refractivity contribution >= 4 is 28.4 Å². The Balaban J connectivity index is 1.43. The van der Waals surface area contributed by atoms with Gasteiger partial charge in [-0.05, 0) is 48.4 Å². The number of aromatic nitrogens is 1. The van der Waals surface area contributed by atoms with Crippen LogP contribution in [-0.2, 0) is 22.5 Å². The molecule has 1 fully saturated rings. The summed E-state index contributed by atoms with van der Waals surface area (Å²) in [6, 6.07) is 13.4. The lowest BCUT2D eigenvalue weighted by Crippen LogP contribution is -2.41. The van der Waals surface area contributed by atoms with Gasteiger partial charge in [0.25, 0.3) is 5.91 Å². The summed E-state index contributed by atoms with van der Waals surface area (Å²) in [6.45, 7) is 7.44. The first-order valence-electron chi connectivity index (χ1n) is 11.8. The molecule has 2 heterocycles. The molecule has 1 aliphatic heterocycles. The summed E-state index contributed by atoms with van der Waals surface area (Å²) in [4.78, 5) is 27.7. The maximum Gasteiger partial charge on any atom is 0.267 e. The van der Waals surface area contributed by atoms with Crippen molar-refractivity contribution < 1.29 is 18.7 Å². The number of rotatable bonds is 9. The second-order valence-corrected chi connectivity index (χ2v) is 8.52. The number of carbonyl (C=O) groups excluding carboxylic acids is 2. The number of nitrogens with zero attached hydrogens (tertiary/aromatic N) is 2. The minimum Gasteiger partial charge on any atom is -0.379 e. The average molecular weight is 467 g/mol. The molecular formula is C26H31FN4O3. The average Bonchev–Trinajstić information content (AvgIpc) is 3.19. The number of ether oxygens (including phenoxy) is 1. The molecule has 4 rings (SSSR count).